The van der Waals surface area contributed by atoms with Crippen LogP contribution in [0.15, 0.2) is 35.3 Å². The van der Waals surface area contributed by atoms with Crippen molar-refractivity contribution in [3.8, 4) is 0 Å². The van der Waals surface area contributed by atoms with Crippen molar-refractivity contribution in [2.24, 2.45) is 0 Å². The summed E-state index contributed by atoms with van der Waals surface area (Å²) < 4.78 is 25.9. The number of nitrogens with one attached hydrogen (secondary N) is 1. The van der Waals surface area contributed by atoms with Crippen LogP contribution in [0.5, 0.6) is 0 Å². The Hall–Kier alpha value is -2.23. The summed E-state index contributed by atoms with van der Waals surface area (Å²) in [5.74, 6) is -1.21. The summed E-state index contributed by atoms with van der Waals surface area (Å²) in [5, 5.41) is 9.10. The zero-order valence-corrected chi connectivity index (χ0v) is 11.1. The summed E-state index contributed by atoms with van der Waals surface area (Å²) in [6, 6.07) is 6.80. The lowest BCUT2D eigenvalue weighted by atomic mass is 10.1. The van der Waals surface area contributed by atoms with E-state index in [1.165, 1.54) is 6.20 Å². The molecule has 0 aliphatic rings. The molecular weight excluding hydrogens is 290 g/mol. The van der Waals surface area contributed by atoms with Gasteiger partial charge in [0.2, 0.25) is 5.43 Å². The van der Waals surface area contributed by atoms with E-state index in [2.05, 4.69) is 4.98 Å². The number of pyridine rings is 1. The fourth-order valence-corrected chi connectivity index (χ4v) is 1.33. The van der Waals surface area contributed by atoms with Gasteiger partial charge in [-0.3, -0.25) is 9.35 Å². The topological polar surface area (TPSA) is 156 Å². The molecule has 1 aromatic heterocycles. The van der Waals surface area contributed by atoms with Gasteiger partial charge in [0.25, 0.3) is 10.1 Å². The Balaban J connectivity index is 0.000000526. The Kier molecular flexibility index (Phi) is 6.04. The first kappa shape index (κ1) is 17.8. The van der Waals surface area contributed by atoms with Crippen molar-refractivity contribution in [1.82, 2.24) is 4.98 Å². The van der Waals surface area contributed by atoms with Crippen LogP contribution < -0.4 is 5.43 Å². The van der Waals surface area contributed by atoms with Crippen LogP contribution in [0.1, 0.15) is 10.4 Å². The highest BCUT2D eigenvalue weighted by molar-refractivity contribution is 7.85. The molecule has 0 aliphatic heterocycles. The molecule has 2 rings (SSSR count). The maximum atomic E-state index is 11.6. The lowest BCUT2D eigenvalue weighted by Crippen LogP contribution is -2.14. The van der Waals surface area contributed by atoms with Gasteiger partial charge in [-0.05, 0) is 12.1 Å². The second-order valence-corrected chi connectivity index (χ2v) is 5.08. The minimum Gasteiger partial charge on any atom is -0.477 e. The molecule has 0 saturated carbocycles. The van der Waals surface area contributed by atoms with Gasteiger partial charge in [-0.1, -0.05) is 12.1 Å². The number of carboxylic acids is 1. The molecule has 0 fully saturated rings. The van der Waals surface area contributed by atoms with Gasteiger partial charge in [0.15, 0.2) is 0 Å². The van der Waals surface area contributed by atoms with Crippen molar-refractivity contribution in [2.45, 2.75) is 0 Å². The average molecular weight is 303 g/mol. The molecule has 0 radical (unpaired) electrons. The number of carbonyl (C=O) groups is 1. The monoisotopic (exact) mass is 303 g/mol. The van der Waals surface area contributed by atoms with Gasteiger partial charge in [-0.25, -0.2) is 4.79 Å². The summed E-state index contributed by atoms with van der Waals surface area (Å²) in [7, 11) is -3.67. The summed E-state index contributed by atoms with van der Waals surface area (Å²) in [6.45, 7) is 0. The first-order chi connectivity index (χ1) is 8.70. The Morgan fingerprint density at radius 1 is 1.25 bits per heavy atom. The Morgan fingerprint density at radius 2 is 1.75 bits per heavy atom. The lowest BCUT2D eigenvalue weighted by Gasteiger charge is -1.98. The summed E-state index contributed by atoms with van der Waals surface area (Å²) in [4.78, 5) is 25.0. The van der Waals surface area contributed by atoms with Crippen molar-refractivity contribution in [3.05, 3.63) is 46.2 Å². The van der Waals surface area contributed by atoms with Crippen molar-refractivity contribution < 1.29 is 28.3 Å². The smallest absolute Gasteiger partial charge is 0.341 e. The molecule has 0 unspecified atom stereocenters. The molecule has 1 heterocycles. The third-order valence-corrected chi connectivity index (χ3v) is 2.02. The first-order valence-electron chi connectivity index (χ1n) is 4.96. The molecule has 0 bridgehead atoms. The number of rotatable bonds is 1. The Morgan fingerprint density at radius 3 is 2.25 bits per heavy atom. The second-order valence-electron chi connectivity index (χ2n) is 3.62. The Bertz CT molecular complexity index is 756. The largest absolute Gasteiger partial charge is 0.477 e. The standard InChI is InChI=1S/C10H7NO3.CH4O3S.H2O/c12-9-6-3-1-2-4-8(6)11-5-7(9)10(13)14;1-5(2,3)4;/h1-5H,(H,11,12)(H,13,14);1H3,(H,2,3,4);1H2. The van der Waals surface area contributed by atoms with E-state index in [-0.39, 0.29) is 11.0 Å². The second kappa shape index (κ2) is 6.80. The molecule has 0 atom stereocenters. The molecular formula is C11H13NO7S. The average Bonchev–Trinajstić information content (AvgIpc) is 2.27. The predicted octanol–water partition coefficient (Wildman–Crippen LogP) is -0.0944. The van der Waals surface area contributed by atoms with E-state index in [9.17, 15) is 18.0 Å². The normalized spacial score (nSPS) is 10.1. The molecule has 0 aliphatic carbocycles. The van der Waals surface area contributed by atoms with E-state index in [4.69, 9.17) is 9.66 Å². The molecule has 20 heavy (non-hydrogen) atoms. The van der Waals surface area contributed by atoms with Crippen LogP contribution in [0, 0.1) is 0 Å². The van der Waals surface area contributed by atoms with E-state index in [1.54, 1.807) is 24.3 Å². The number of aromatic amines is 1. The number of para-hydroxylation sites is 1. The van der Waals surface area contributed by atoms with Crippen LogP contribution in [0.3, 0.4) is 0 Å². The number of fused-ring (bicyclic) bond motifs is 1. The number of hydrogen-bond donors (Lipinski definition) is 3. The summed E-state index contributed by atoms with van der Waals surface area (Å²) in [6.07, 6.45) is 1.93. The number of carboxylic acid groups (broad SMARTS) is 1. The third-order valence-electron chi connectivity index (χ3n) is 2.02. The van der Waals surface area contributed by atoms with Crippen molar-refractivity contribution in [2.75, 3.05) is 6.26 Å². The minimum absolute atomic E-state index is 0. The molecule has 0 amide bonds. The Labute approximate surface area is 113 Å². The van der Waals surface area contributed by atoms with E-state index >= 15 is 0 Å². The number of aromatic nitrogens is 1. The van der Waals surface area contributed by atoms with Crippen molar-refractivity contribution in [3.63, 3.8) is 0 Å². The van der Waals surface area contributed by atoms with Gasteiger partial charge in [0.05, 0.1) is 6.26 Å². The van der Waals surface area contributed by atoms with Crippen molar-refractivity contribution >= 4 is 27.0 Å². The maximum Gasteiger partial charge on any atom is 0.341 e. The minimum atomic E-state index is -3.67. The van der Waals surface area contributed by atoms with E-state index in [0.717, 1.165) is 0 Å². The fraction of sp³-hybridized carbons (Fsp3) is 0.0909. The van der Waals surface area contributed by atoms with Crippen LogP contribution in [-0.4, -0.2) is 40.8 Å². The molecule has 2 aromatic rings. The summed E-state index contributed by atoms with van der Waals surface area (Å²) in [5.41, 5.74) is -0.0435. The van der Waals surface area contributed by atoms with Crippen LogP contribution in [-0.2, 0) is 10.1 Å². The highest BCUT2D eigenvalue weighted by atomic mass is 32.2. The van der Waals surface area contributed by atoms with Gasteiger partial charge in [-0.15, -0.1) is 0 Å². The van der Waals surface area contributed by atoms with Crippen LogP contribution in [0.4, 0.5) is 0 Å². The molecule has 110 valence electrons. The number of hydrogen-bond acceptors (Lipinski definition) is 4. The molecule has 8 nitrogen and oxygen atoms in total. The first-order valence-corrected chi connectivity index (χ1v) is 6.81. The van der Waals surface area contributed by atoms with E-state index in [1.807, 2.05) is 0 Å². The van der Waals surface area contributed by atoms with Gasteiger partial charge >= 0.3 is 5.97 Å². The SMILES string of the molecule is CS(=O)(=O)O.O.O=C(O)c1c[nH]c2ccccc2c1=O. The highest BCUT2D eigenvalue weighted by Gasteiger charge is 2.10. The lowest BCUT2D eigenvalue weighted by molar-refractivity contribution is 0.0695. The van der Waals surface area contributed by atoms with Crippen LogP contribution in [0.2, 0.25) is 0 Å². The maximum absolute atomic E-state index is 11.6. The highest BCUT2D eigenvalue weighted by Crippen LogP contribution is 2.06. The number of H-pyrrole nitrogens is 1. The van der Waals surface area contributed by atoms with Gasteiger partial charge in [-0.2, -0.15) is 8.42 Å². The van der Waals surface area contributed by atoms with Crippen molar-refractivity contribution in [1.29, 1.82) is 0 Å². The van der Waals surface area contributed by atoms with Gasteiger partial charge in [0, 0.05) is 17.1 Å². The van der Waals surface area contributed by atoms with Crippen LogP contribution in [0.25, 0.3) is 10.9 Å². The van der Waals surface area contributed by atoms with Crippen LogP contribution >= 0.6 is 0 Å². The zero-order valence-electron chi connectivity index (χ0n) is 10.3. The number of aromatic carboxylic acids is 1. The quantitative estimate of drug-likeness (QED) is 0.625. The number of benzene rings is 1. The van der Waals surface area contributed by atoms with E-state index in [0.29, 0.717) is 17.2 Å². The van der Waals surface area contributed by atoms with E-state index < -0.39 is 21.5 Å². The molecule has 0 spiro atoms. The molecule has 5 N–H and O–H groups in total. The predicted molar refractivity (Wildman–Crippen MR) is 72.6 cm³/mol. The summed E-state index contributed by atoms with van der Waals surface area (Å²) >= 11 is 0. The van der Waals surface area contributed by atoms with Gasteiger partial charge in [0.1, 0.15) is 5.56 Å². The molecule has 1 aromatic carbocycles. The molecule has 0 saturated heterocycles. The zero-order chi connectivity index (χ0) is 14.6. The fourth-order valence-electron chi connectivity index (χ4n) is 1.33. The van der Waals surface area contributed by atoms with Gasteiger partial charge < -0.3 is 15.6 Å². The third kappa shape index (κ3) is 5.18. The molecule has 9 heteroatoms.